The third-order valence-electron chi connectivity index (χ3n) is 5.27. The lowest BCUT2D eigenvalue weighted by Crippen LogP contribution is -2.64. The number of hydrogen-bond donors (Lipinski definition) is 0. The van der Waals surface area contributed by atoms with Gasteiger partial charge >= 0.3 is 25.7 Å². The number of methoxy groups -OCH3 is 1. The van der Waals surface area contributed by atoms with Crippen molar-refractivity contribution in [2.45, 2.75) is 57.6 Å². The first-order valence-corrected chi connectivity index (χ1v) is 13.5. The van der Waals surface area contributed by atoms with Gasteiger partial charge in [-0.3, -0.25) is 14.4 Å². The van der Waals surface area contributed by atoms with Crippen LogP contribution in [0.15, 0.2) is 60.7 Å². The van der Waals surface area contributed by atoms with Gasteiger partial charge in [-0.15, -0.1) is 0 Å². The molecule has 0 spiro atoms. The van der Waals surface area contributed by atoms with Gasteiger partial charge in [0.25, 0.3) is 0 Å². The Morgan fingerprint density at radius 2 is 1.25 bits per heavy atom. The lowest BCUT2D eigenvalue weighted by Gasteiger charge is -2.45. The van der Waals surface area contributed by atoms with Crippen molar-refractivity contribution >= 4 is 25.7 Å². The van der Waals surface area contributed by atoms with Gasteiger partial charge in [0.05, 0.1) is 6.61 Å². The largest absolute Gasteiger partial charge is 0.590 e. The molecule has 0 bridgehead atoms. The second-order valence-electron chi connectivity index (χ2n) is 8.52. The topological polar surface area (TPSA) is 142 Å². The monoisotopic (exact) mass is 584 g/mol. The first-order chi connectivity index (χ1) is 19.0. The van der Waals surface area contributed by atoms with E-state index in [1.165, 1.54) is 31.4 Å². The summed E-state index contributed by atoms with van der Waals surface area (Å²) in [6.07, 6.45) is -10.5. The summed E-state index contributed by atoms with van der Waals surface area (Å²) in [5.41, 5.74) is 0. The summed E-state index contributed by atoms with van der Waals surface area (Å²) in [6, 6.07) is 15.7. The number of phosphoric acid groups is 1. The molecule has 2 aromatic carbocycles. The Morgan fingerprint density at radius 3 is 1.70 bits per heavy atom. The van der Waals surface area contributed by atoms with Crippen LogP contribution in [0.3, 0.4) is 0 Å². The zero-order valence-electron chi connectivity index (χ0n) is 22.2. The van der Waals surface area contributed by atoms with Gasteiger partial charge in [0.1, 0.15) is 17.6 Å². The third-order valence-corrected chi connectivity index (χ3v) is 6.61. The average Bonchev–Trinajstić information content (AvgIpc) is 2.87. The van der Waals surface area contributed by atoms with E-state index in [0.29, 0.717) is 0 Å². The van der Waals surface area contributed by atoms with Crippen LogP contribution in [-0.4, -0.2) is 68.5 Å². The van der Waals surface area contributed by atoms with Crippen LogP contribution in [0.5, 0.6) is 11.5 Å². The third kappa shape index (κ3) is 8.75. The number of phosphoric ester groups is 1. The summed E-state index contributed by atoms with van der Waals surface area (Å²) in [5, 5.41) is 0. The second kappa shape index (κ2) is 14.2. The number of para-hydroxylation sites is 2. The minimum atomic E-state index is -4.71. The predicted octanol–water partition coefficient (Wildman–Crippen LogP) is 3.77. The molecule has 1 saturated heterocycles. The van der Waals surface area contributed by atoms with E-state index in [2.05, 4.69) is 0 Å². The first kappa shape index (κ1) is 31.0. The standard InChI is InChI=1S/C26H30FO12P/c1-16(28)33-23-22(21(27)15-32-4)36-26(25(35-18(3)30)24(23)34-17(2)29)39-40(31,37-19-11-7-5-8-12-19)38-20-13-9-6-10-14-20/h5-14,21-26H,15H2,1-4H3/t21-,22?,23+,24?,25?,26-/m0/s1. The minimum absolute atomic E-state index is 0.0789. The molecule has 0 saturated carbocycles. The Morgan fingerprint density at radius 1 is 0.800 bits per heavy atom. The molecule has 0 amide bonds. The summed E-state index contributed by atoms with van der Waals surface area (Å²) < 4.78 is 72.8. The van der Waals surface area contributed by atoms with Gasteiger partial charge in [0.2, 0.25) is 6.29 Å². The summed E-state index contributed by atoms with van der Waals surface area (Å²) in [7, 11) is -3.48. The smallest absolute Gasteiger partial charge is 0.456 e. The maximum atomic E-state index is 15.3. The molecule has 1 fully saturated rings. The SMILES string of the molecule is COC[C@H](F)C1O[C@@H](OP(=O)(Oc2ccccc2)Oc2ccccc2)C(OC(C)=O)C(OC(C)=O)[C@@H]1OC(C)=O. The zero-order valence-corrected chi connectivity index (χ0v) is 23.1. The number of esters is 3. The number of halogens is 1. The Labute approximate surface area is 230 Å². The van der Waals surface area contributed by atoms with Crippen LogP contribution >= 0.6 is 7.82 Å². The van der Waals surface area contributed by atoms with Gasteiger partial charge in [-0.25, -0.2) is 13.5 Å². The van der Waals surface area contributed by atoms with Crippen molar-refractivity contribution < 1.29 is 60.6 Å². The molecule has 12 nitrogen and oxygen atoms in total. The van der Waals surface area contributed by atoms with Gasteiger partial charge in [-0.2, -0.15) is 0 Å². The van der Waals surface area contributed by atoms with Crippen LogP contribution in [0.4, 0.5) is 4.39 Å². The minimum Gasteiger partial charge on any atom is -0.456 e. The van der Waals surface area contributed by atoms with Gasteiger partial charge in [-0.05, 0) is 24.3 Å². The van der Waals surface area contributed by atoms with E-state index in [-0.39, 0.29) is 11.5 Å². The summed E-state index contributed by atoms with van der Waals surface area (Å²) >= 11 is 0. The Balaban J connectivity index is 2.07. The van der Waals surface area contributed by atoms with Crippen molar-refractivity contribution in [1.82, 2.24) is 0 Å². The number of hydrogen-bond acceptors (Lipinski definition) is 12. The molecule has 14 heteroatoms. The predicted molar refractivity (Wildman–Crippen MR) is 135 cm³/mol. The van der Waals surface area contributed by atoms with Crippen LogP contribution in [0, 0.1) is 0 Å². The molecule has 1 aliphatic rings. The van der Waals surface area contributed by atoms with Gasteiger partial charge in [0, 0.05) is 27.9 Å². The van der Waals surface area contributed by atoms with E-state index in [1.54, 1.807) is 36.4 Å². The first-order valence-electron chi connectivity index (χ1n) is 12.1. The van der Waals surface area contributed by atoms with E-state index < -0.39 is 69.2 Å². The van der Waals surface area contributed by atoms with E-state index in [0.717, 1.165) is 20.8 Å². The number of carbonyl (C=O) groups excluding carboxylic acids is 3. The molecule has 3 rings (SSSR count). The normalized spacial score (nSPS) is 23.4. The van der Waals surface area contributed by atoms with Gasteiger partial charge < -0.3 is 32.7 Å². The fourth-order valence-corrected chi connectivity index (χ4v) is 5.15. The molecule has 0 N–H and O–H groups in total. The zero-order chi connectivity index (χ0) is 29.3. The quantitative estimate of drug-likeness (QED) is 0.204. The van der Waals surface area contributed by atoms with Crippen molar-refractivity contribution in [3.63, 3.8) is 0 Å². The highest BCUT2D eigenvalue weighted by Crippen LogP contribution is 2.52. The number of ether oxygens (including phenoxy) is 5. The van der Waals surface area contributed by atoms with Crippen LogP contribution in [0.25, 0.3) is 0 Å². The van der Waals surface area contributed by atoms with E-state index in [1.807, 2.05) is 0 Å². The van der Waals surface area contributed by atoms with Crippen LogP contribution in [-0.2, 0) is 47.2 Å². The maximum Gasteiger partial charge on any atom is 0.590 e. The summed E-state index contributed by atoms with van der Waals surface area (Å²) in [4.78, 5) is 36.0. The number of rotatable bonds is 12. The van der Waals surface area contributed by atoms with Crippen molar-refractivity contribution in [2.75, 3.05) is 13.7 Å². The molecular weight excluding hydrogens is 554 g/mol. The highest BCUT2D eigenvalue weighted by Gasteiger charge is 2.57. The fourth-order valence-electron chi connectivity index (χ4n) is 3.84. The molecule has 1 heterocycles. The summed E-state index contributed by atoms with van der Waals surface area (Å²) in [5.74, 6) is -2.49. The van der Waals surface area contributed by atoms with Crippen LogP contribution in [0.1, 0.15) is 20.8 Å². The molecule has 6 atom stereocenters. The Kier molecular flexibility index (Phi) is 11.0. The molecule has 1 aliphatic heterocycles. The molecular formula is C26H30FO12P. The molecule has 3 unspecified atom stereocenters. The van der Waals surface area contributed by atoms with Crippen LogP contribution in [0.2, 0.25) is 0 Å². The molecule has 0 aromatic heterocycles. The highest BCUT2D eigenvalue weighted by atomic mass is 31.2. The number of benzene rings is 2. The lowest BCUT2D eigenvalue weighted by molar-refractivity contribution is -0.296. The maximum absolute atomic E-state index is 15.3. The van der Waals surface area contributed by atoms with E-state index >= 15 is 4.39 Å². The number of carbonyl (C=O) groups is 3. The average molecular weight is 584 g/mol. The van der Waals surface area contributed by atoms with Gasteiger partial charge in [0.15, 0.2) is 24.5 Å². The lowest BCUT2D eigenvalue weighted by atomic mass is 9.95. The van der Waals surface area contributed by atoms with Crippen molar-refractivity contribution in [3.8, 4) is 11.5 Å². The summed E-state index contributed by atoms with van der Waals surface area (Å²) in [6.45, 7) is 2.60. The fraction of sp³-hybridized carbons (Fsp3) is 0.423. The highest BCUT2D eigenvalue weighted by molar-refractivity contribution is 7.49. The van der Waals surface area contributed by atoms with Crippen molar-refractivity contribution in [3.05, 3.63) is 60.7 Å². The molecule has 2 aromatic rings. The Bertz CT molecular complexity index is 1140. The van der Waals surface area contributed by atoms with E-state index in [9.17, 15) is 18.9 Å². The Hall–Kier alpha value is -3.51. The van der Waals surface area contributed by atoms with E-state index in [4.69, 9.17) is 37.3 Å². The number of alkyl halides is 1. The molecule has 0 aliphatic carbocycles. The van der Waals surface area contributed by atoms with Crippen LogP contribution < -0.4 is 9.05 Å². The molecule has 218 valence electrons. The molecule has 0 radical (unpaired) electrons. The molecule has 40 heavy (non-hydrogen) atoms. The van der Waals surface area contributed by atoms with Crippen molar-refractivity contribution in [1.29, 1.82) is 0 Å². The second-order valence-corrected chi connectivity index (χ2v) is 9.99. The van der Waals surface area contributed by atoms with Gasteiger partial charge in [-0.1, -0.05) is 36.4 Å². The van der Waals surface area contributed by atoms with Crippen molar-refractivity contribution in [2.24, 2.45) is 0 Å².